The summed E-state index contributed by atoms with van der Waals surface area (Å²) in [4.78, 5) is 17.4. The normalized spacial score (nSPS) is 16.2. The number of carbonyl (C=O) groups is 1. The van der Waals surface area contributed by atoms with Gasteiger partial charge in [-0.1, -0.05) is 6.07 Å². The van der Waals surface area contributed by atoms with Crippen molar-refractivity contribution in [1.82, 2.24) is 10.3 Å². The van der Waals surface area contributed by atoms with Crippen LogP contribution in [0.15, 0.2) is 18.2 Å². The fraction of sp³-hybridized carbons (Fsp3) is 0.364. The van der Waals surface area contributed by atoms with Crippen molar-refractivity contribution >= 4 is 11.7 Å². The maximum Gasteiger partial charge on any atom is 0.239 e. The average molecular weight is 216 g/mol. The Labute approximate surface area is 93.7 Å². The summed E-state index contributed by atoms with van der Waals surface area (Å²) in [5, 5.41) is 11.6. The van der Waals surface area contributed by atoms with E-state index in [1.54, 1.807) is 12.1 Å². The first kappa shape index (κ1) is 10.4. The molecule has 0 atom stereocenters. The van der Waals surface area contributed by atoms with Gasteiger partial charge in [0, 0.05) is 13.1 Å². The Bertz CT molecular complexity index is 438. The molecule has 1 saturated heterocycles. The minimum atomic E-state index is 0.00154. The number of hydrogen-bond acceptors (Lipinski definition) is 4. The van der Waals surface area contributed by atoms with Gasteiger partial charge in [0.05, 0.1) is 6.54 Å². The number of hydrogen-bond donors (Lipinski definition) is 1. The second-order valence-corrected chi connectivity index (χ2v) is 3.62. The Kier molecular flexibility index (Phi) is 3.01. The van der Waals surface area contributed by atoms with Crippen molar-refractivity contribution in [3.63, 3.8) is 0 Å². The van der Waals surface area contributed by atoms with Crippen LogP contribution in [0.2, 0.25) is 0 Å². The molecule has 1 aliphatic heterocycles. The van der Waals surface area contributed by atoms with Gasteiger partial charge in [0.1, 0.15) is 17.6 Å². The smallest absolute Gasteiger partial charge is 0.239 e. The van der Waals surface area contributed by atoms with Crippen LogP contribution in [-0.2, 0) is 4.79 Å². The molecule has 1 amide bonds. The minimum absolute atomic E-state index is 0.00154. The van der Waals surface area contributed by atoms with Gasteiger partial charge < -0.3 is 10.2 Å². The lowest BCUT2D eigenvalue weighted by Gasteiger charge is -2.19. The molecule has 1 aromatic rings. The van der Waals surface area contributed by atoms with Crippen molar-refractivity contribution in [3.8, 4) is 6.07 Å². The summed E-state index contributed by atoms with van der Waals surface area (Å²) in [6.45, 7) is 1.79. The van der Waals surface area contributed by atoms with E-state index in [0.29, 0.717) is 24.6 Å². The van der Waals surface area contributed by atoms with E-state index < -0.39 is 0 Å². The van der Waals surface area contributed by atoms with Gasteiger partial charge in [-0.15, -0.1) is 0 Å². The van der Waals surface area contributed by atoms with Gasteiger partial charge in [0.25, 0.3) is 0 Å². The highest BCUT2D eigenvalue weighted by Crippen LogP contribution is 2.12. The van der Waals surface area contributed by atoms with Crippen LogP contribution >= 0.6 is 0 Å². The van der Waals surface area contributed by atoms with Gasteiger partial charge in [0.15, 0.2) is 0 Å². The molecule has 0 saturated carbocycles. The summed E-state index contributed by atoms with van der Waals surface area (Å²) in [5.41, 5.74) is 0.377. The number of carbonyl (C=O) groups excluding carboxylic acids is 1. The Morgan fingerprint density at radius 1 is 1.50 bits per heavy atom. The van der Waals surface area contributed by atoms with Gasteiger partial charge in [-0.05, 0) is 18.6 Å². The molecule has 0 aromatic carbocycles. The molecule has 5 heteroatoms. The van der Waals surface area contributed by atoms with Gasteiger partial charge in [0.2, 0.25) is 5.91 Å². The van der Waals surface area contributed by atoms with Crippen LogP contribution < -0.4 is 10.2 Å². The molecule has 16 heavy (non-hydrogen) atoms. The van der Waals surface area contributed by atoms with Crippen molar-refractivity contribution < 1.29 is 4.79 Å². The lowest BCUT2D eigenvalue weighted by molar-refractivity contribution is -0.119. The fourth-order valence-corrected chi connectivity index (χ4v) is 1.66. The number of nitrogens with zero attached hydrogens (tertiary/aromatic N) is 3. The van der Waals surface area contributed by atoms with E-state index in [2.05, 4.69) is 10.3 Å². The lowest BCUT2D eigenvalue weighted by atomic mass is 10.3. The van der Waals surface area contributed by atoms with E-state index in [9.17, 15) is 4.79 Å². The van der Waals surface area contributed by atoms with Crippen LogP contribution in [0.3, 0.4) is 0 Å². The third kappa shape index (κ3) is 2.28. The second-order valence-electron chi connectivity index (χ2n) is 3.62. The number of aromatic nitrogens is 1. The van der Waals surface area contributed by atoms with Crippen molar-refractivity contribution in [1.29, 1.82) is 5.26 Å². The molecule has 0 unspecified atom stereocenters. The van der Waals surface area contributed by atoms with Crippen LogP contribution in [0, 0.1) is 11.3 Å². The predicted octanol–water partition coefficient (Wildman–Crippen LogP) is 0.280. The quantitative estimate of drug-likeness (QED) is 0.732. The van der Waals surface area contributed by atoms with E-state index in [1.165, 1.54) is 0 Å². The van der Waals surface area contributed by atoms with Crippen LogP contribution in [0.25, 0.3) is 0 Å². The van der Waals surface area contributed by atoms with Gasteiger partial charge in [-0.25, -0.2) is 4.98 Å². The second kappa shape index (κ2) is 4.62. The highest BCUT2D eigenvalue weighted by atomic mass is 16.2. The zero-order valence-electron chi connectivity index (χ0n) is 8.81. The van der Waals surface area contributed by atoms with Crippen LogP contribution in [0.1, 0.15) is 12.1 Å². The lowest BCUT2D eigenvalue weighted by Crippen LogP contribution is -2.33. The number of rotatable bonds is 1. The van der Waals surface area contributed by atoms with Crippen LogP contribution in [0.5, 0.6) is 0 Å². The molecule has 5 nitrogen and oxygen atoms in total. The maximum atomic E-state index is 11.4. The number of nitriles is 1. The topological polar surface area (TPSA) is 69.0 Å². The van der Waals surface area contributed by atoms with Crippen LogP contribution in [0.4, 0.5) is 5.82 Å². The van der Waals surface area contributed by atoms with E-state index in [1.807, 2.05) is 17.0 Å². The third-order valence-corrected chi connectivity index (χ3v) is 2.43. The molecule has 0 spiro atoms. The molecule has 0 aliphatic carbocycles. The first-order valence-corrected chi connectivity index (χ1v) is 5.18. The molecule has 0 radical (unpaired) electrons. The van der Waals surface area contributed by atoms with E-state index in [-0.39, 0.29) is 5.91 Å². The number of pyridine rings is 1. The van der Waals surface area contributed by atoms with Gasteiger partial charge in [-0.3, -0.25) is 4.79 Å². The minimum Gasteiger partial charge on any atom is -0.354 e. The summed E-state index contributed by atoms with van der Waals surface area (Å²) in [5.74, 6) is 0.692. The summed E-state index contributed by atoms with van der Waals surface area (Å²) >= 11 is 0. The summed E-state index contributed by atoms with van der Waals surface area (Å²) in [6, 6.07) is 7.25. The van der Waals surface area contributed by atoms with E-state index in [0.717, 1.165) is 13.0 Å². The van der Waals surface area contributed by atoms with Gasteiger partial charge >= 0.3 is 0 Å². The number of nitrogens with one attached hydrogen (secondary N) is 1. The Morgan fingerprint density at radius 3 is 3.19 bits per heavy atom. The number of amides is 1. The molecule has 0 bridgehead atoms. The molecule has 1 N–H and O–H groups in total. The Balaban J connectivity index is 2.21. The fourth-order valence-electron chi connectivity index (χ4n) is 1.66. The summed E-state index contributed by atoms with van der Waals surface area (Å²) in [6.07, 6.45) is 0.893. The molecular formula is C11H12N4O. The molecule has 1 fully saturated rings. The largest absolute Gasteiger partial charge is 0.354 e. The van der Waals surface area contributed by atoms with Gasteiger partial charge in [-0.2, -0.15) is 5.26 Å². The molecule has 82 valence electrons. The standard InChI is InChI=1S/C11H12N4O/c12-7-9-3-1-4-10(14-9)15-6-2-5-13-11(16)8-15/h1,3-4H,2,5-6,8H2,(H,13,16). The summed E-state index contributed by atoms with van der Waals surface area (Å²) < 4.78 is 0. The first-order valence-electron chi connectivity index (χ1n) is 5.18. The summed E-state index contributed by atoms with van der Waals surface area (Å²) in [7, 11) is 0. The monoisotopic (exact) mass is 216 g/mol. The zero-order valence-corrected chi connectivity index (χ0v) is 8.81. The Morgan fingerprint density at radius 2 is 2.38 bits per heavy atom. The van der Waals surface area contributed by atoms with Crippen molar-refractivity contribution in [2.75, 3.05) is 24.5 Å². The number of anilines is 1. The molecule has 1 aliphatic rings. The zero-order chi connectivity index (χ0) is 11.4. The van der Waals surface area contributed by atoms with Crippen LogP contribution in [-0.4, -0.2) is 30.5 Å². The molecule has 2 heterocycles. The average Bonchev–Trinajstić information content (AvgIpc) is 2.54. The predicted molar refractivity (Wildman–Crippen MR) is 58.8 cm³/mol. The highest BCUT2D eigenvalue weighted by molar-refractivity contribution is 5.81. The van der Waals surface area contributed by atoms with Crippen molar-refractivity contribution in [2.45, 2.75) is 6.42 Å². The van der Waals surface area contributed by atoms with Crippen molar-refractivity contribution in [3.05, 3.63) is 23.9 Å². The maximum absolute atomic E-state index is 11.4. The molecular weight excluding hydrogens is 204 g/mol. The molecule has 2 rings (SSSR count). The highest BCUT2D eigenvalue weighted by Gasteiger charge is 2.15. The SMILES string of the molecule is N#Cc1cccc(N2CCCNC(=O)C2)n1. The van der Waals surface area contributed by atoms with E-state index in [4.69, 9.17) is 5.26 Å². The third-order valence-electron chi connectivity index (χ3n) is 2.43. The Hall–Kier alpha value is -2.09. The van der Waals surface area contributed by atoms with E-state index >= 15 is 0 Å². The first-order chi connectivity index (χ1) is 7.79. The molecule has 1 aromatic heterocycles. The van der Waals surface area contributed by atoms with Crippen molar-refractivity contribution in [2.24, 2.45) is 0 Å².